The molecule has 0 saturated heterocycles. The minimum absolute atomic E-state index is 0.115. The van der Waals surface area contributed by atoms with Crippen molar-refractivity contribution in [3.8, 4) is 11.5 Å². The first-order chi connectivity index (χ1) is 8.76. The molecule has 0 atom stereocenters. The molecule has 0 unspecified atom stereocenters. The summed E-state index contributed by atoms with van der Waals surface area (Å²) in [4.78, 5) is 0.246. The second kappa shape index (κ2) is 6.52. The number of hydrogen-bond donors (Lipinski definition) is 1. The quantitative estimate of drug-likeness (QED) is 0.635. The van der Waals surface area contributed by atoms with Gasteiger partial charge in [-0.1, -0.05) is 17.1 Å². The van der Waals surface area contributed by atoms with Crippen LogP contribution in [0.1, 0.15) is 5.56 Å². The Hall–Kier alpha value is -0.880. The fourth-order valence-electron chi connectivity index (χ4n) is 1.62. The van der Waals surface area contributed by atoms with Gasteiger partial charge in [-0.15, -0.1) is 0 Å². The van der Waals surface area contributed by atoms with Gasteiger partial charge >= 0.3 is 0 Å². The van der Waals surface area contributed by atoms with Gasteiger partial charge in [-0.2, -0.15) is 8.78 Å². The summed E-state index contributed by atoms with van der Waals surface area (Å²) in [5.74, 6) is -2.01. The fourth-order valence-corrected chi connectivity index (χ4v) is 2.33. The van der Waals surface area contributed by atoms with Gasteiger partial charge in [0, 0.05) is 0 Å². The topological polar surface area (TPSA) is 44.5 Å². The van der Waals surface area contributed by atoms with Crippen LogP contribution in [0, 0.1) is 0 Å². The molecular weight excluding hydrogens is 270 g/mol. The van der Waals surface area contributed by atoms with E-state index in [1.807, 2.05) is 0 Å². The van der Waals surface area contributed by atoms with E-state index in [0.29, 0.717) is 23.1 Å². The first kappa shape index (κ1) is 16.2. The maximum absolute atomic E-state index is 12.5. The lowest BCUT2D eigenvalue weighted by molar-refractivity contribution is 0.251. The van der Waals surface area contributed by atoms with Crippen LogP contribution in [0.3, 0.4) is 0 Å². The van der Waals surface area contributed by atoms with Crippen LogP contribution in [0.25, 0.3) is 0 Å². The van der Waals surface area contributed by atoms with Crippen molar-refractivity contribution < 1.29 is 18.3 Å². The van der Waals surface area contributed by atoms with Gasteiger partial charge in [0.15, 0.2) is 11.5 Å². The van der Waals surface area contributed by atoms with Gasteiger partial charge in [-0.3, -0.25) is 0 Å². The maximum atomic E-state index is 12.5. The van der Waals surface area contributed by atoms with Crippen LogP contribution in [0.2, 0.25) is 0 Å². The zero-order chi connectivity index (χ0) is 14.6. The lowest BCUT2D eigenvalue weighted by atomic mass is 9.60. The molecule has 3 nitrogen and oxygen atoms in total. The molecular formula is C11H13B2F2NO2S. The van der Waals surface area contributed by atoms with Crippen LogP contribution in [-0.2, 0) is 6.42 Å². The third kappa shape index (κ3) is 4.95. The molecule has 0 heterocycles. The molecule has 8 heteroatoms. The first-order valence-electron chi connectivity index (χ1n) is 5.33. The van der Waals surface area contributed by atoms with Crippen LogP contribution in [0.15, 0.2) is 17.0 Å². The smallest absolute Gasteiger partial charge is 0.289 e. The van der Waals surface area contributed by atoms with Crippen LogP contribution < -0.4 is 15.2 Å². The molecule has 19 heavy (non-hydrogen) atoms. The molecule has 0 aliphatic rings. The summed E-state index contributed by atoms with van der Waals surface area (Å²) < 4.78 is 35.3. The van der Waals surface area contributed by atoms with Crippen molar-refractivity contribution in [1.82, 2.24) is 0 Å². The Morgan fingerprint density at radius 2 is 1.95 bits per heavy atom. The Bertz CT molecular complexity index is 441. The number of benzene rings is 1. The van der Waals surface area contributed by atoms with E-state index in [0.717, 1.165) is 0 Å². The van der Waals surface area contributed by atoms with Gasteiger partial charge in [-0.05, 0) is 24.1 Å². The predicted octanol–water partition coefficient (Wildman–Crippen LogP) is 1.51. The van der Waals surface area contributed by atoms with E-state index in [4.69, 9.17) is 30.9 Å². The van der Waals surface area contributed by atoms with Gasteiger partial charge in [0.2, 0.25) is 0 Å². The summed E-state index contributed by atoms with van der Waals surface area (Å²) in [7, 11) is 13.8. The number of rotatable bonds is 6. The van der Waals surface area contributed by atoms with Crippen LogP contribution in [0.4, 0.5) is 8.78 Å². The summed E-state index contributed by atoms with van der Waals surface area (Å²) in [6, 6.07) is 3.12. The number of hydrogen-bond acceptors (Lipinski definition) is 4. The van der Waals surface area contributed by atoms with Gasteiger partial charge in [-0.25, -0.2) is 0 Å². The molecule has 0 fully saturated rings. The molecule has 0 aliphatic heterocycles. The molecule has 0 spiro atoms. The van der Waals surface area contributed by atoms with Gasteiger partial charge < -0.3 is 15.2 Å². The van der Waals surface area contributed by atoms with Gasteiger partial charge in [0.05, 0.1) is 34.8 Å². The van der Waals surface area contributed by atoms with Crippen molar-refractivity contribution in [2.75, 3.05) is 14.2 Å². The summed E-state index contributed by atoms with van der Waals surface area (Å²) in [6.45, 7) is 0. The Balaban J connectivity index is 3.21. The number of alkyl halides is 2. The molecule has 1 aromatic rings. The lowest BCUT2D eigenvalue weighted by Crippen LogP contribution is -2.43. The van der Waals surface area contributed by atoms with Crippen LogP contribution in [0.5, 0.6) is 11.5 Å². The third-order valence-electron chi connectivity index (χ3n) is 2.23. The molecule has 0 aromatic heterocycles. The van der Waals surface area contributed by atoms with E-state index >= 15 is 0 Å². The van der Waals surface area contributed by atoms with Crippen molar-refractivity contribution in [3.63, 3.8) is 0 Å². The SMILES string of the molecule is [B]C([B])(N)Cc1cc(OC)c(OC)c(SC(F)F)c1. The molecule has 0 saturated carbocycles. The summed E-state index contributed by atoms with van der Waals surface area (Å²) in [5.41, 5.74) is 6.10. The number of thioether (sulfide) groups is 1. The van der Waals surface area contributed by atoms with E-state index in [1.54, 1.807) is 6.07 Å². The monoisotopic (exact) mass is 283 g/mol. The molecule has 4 radical (unpaired) electrons. The second-order valence-corrected chi connectivity index (χ2v) is 5.03. The summed E-state index contributed by atoms with van der Waals surface area (Å²) >= 11 is 0.359. The molecule has 0 amide bonds. The Kier molecular flexibility index (Phi) is 5.55. The fraction of sp³-hybridized carbons (Fsp3) is 0.455. The maximum Gasteiger partial charge on any atom is 0.289 e. The molecule has 0 bridgehead atoms. The van der Waals surface area contributed by atoms with Crippen LogP contribution in [-0.4, -0.2) is 41.0 Å². The normalized spacial score (nSPS) is 11.7. The van der Waals surface area contributed by atoms with E-state index in [2.05, 4.69) is 0 Å². The second-order valence-electron chi connectivity index (χ2n) is 4.00. The highest BCUT2D eigenvalue weighted by molar-refractivity contribution is 7.99. The minimum atomic E-state index is -2.58. The molecule has 2 N–H and O–H groups in total. The molecule has 1 rings (SSSR count). The van der Waals surface area contributed by atoms with Crippen molar-refractivity contribution in [2.24, 2.45) is 5.73 Å². The highest BCUT2D eigenvalue weighted by Gasteiger charge is 2.19. The zero-order valence-corrected chi connectivity index (χ0v) is 11.5. The number of methoxy groups -OCH3 is 2. The molecule has 0 aliphatic carbocycles. The number of halogens is 2. The predicted molar refractivity (Wildman–Crippen MR) is 73.5 cm³/mol. The van der Waals surface area contributed by atoms with E-state index in [1.165, 1.54) is 20.3 Å². The Labute approximate surface area is 118 Å². The highest BCUT2D eigenvalue weighted by atomic mass is 32.2. The largest absolute Gasteiger partial charge is 0.493 e. The van der Waals surface area contributed by atoms with Crippen molar-refractivity contribution in [3.05, 3.63) is 17.7 Å². The van der Waals surface area contributed by atoms with Crippen molar-refractivity contribution in [2.45, 2.75) is 22.4 Å². The van der Waals surface area contributed by atoms with E-state index in [-0.39, 0.29) is 17.1 Å². The van der Waals surface area contributed by atoms with E-state index in [9.17, 15) is 8.78 Å². The van der Waals surface area contributed by atoms with Crippen LogP contribution >= 0.6 is 11.8 Å². The lowest BCUT2D eigenvalue weighted by Gasteiger charge is -2.21. The Morgan fingerprint density at radius 1 is 1.32 bits per heavy atom. The van der Waals surface area contributed by atoms with Crippen molar-refractivity contribution >= 4 is 27.5 Å². The highest BCUT2D eigenvalue weighted by Crippen LogP contribution is 2.41. The average molecular weight is 283 g/mol. The summed E-state index contributed by atoms with van der Waals surface area (Å²) in [5, 5.41) is -1.42. The Morgan fingerprint density at radius 3 is 2.37 bits per heavy atom. The molecule has 1 aromatic carbocycles. The number of ether oxygens (including phenoxy) is 2. The summed E-state index contributed by atoms with van der Waals surface area (Å²) in [6.07, 6.45) is 0.115. The van der Waals surface area contributed by atoms with Gasteiger partial charge in [0.25, 0.3) is 5.76 Å². The van der Waals surface area contributed by atoms with Crippen molar-refractivity contribution in [1.29, 1.82) is 0 Å². The number of nitrogens with two attached hydrogens (primary N) is 1. The zero-order valence-electron chi connectivity index (χ0n) is 10.7. The minimum Gasteiger partial charge on any atom is -0.493 e. The average Bonchev–Trinajstić information content (AvgIpc) is 2.25. The first-order valence-corrected chi connectivity index (χ1v) is 6.21. The van der Waals surface area contributed by atoms with E-state index < -0.39 is 11.1 Å². The standard InChI is InChI=1S/C11H13B2F2NO2S/c1-17-7-3-6(5-11(12,13)16)4-8(9(7)18-2)19-10(14)15/h3-4,10H,5,16H2,1-2H3. The molecule has 100 valence electrons. The van der Waals surface area contributed by atoms with Gasteiger partial charge in [0.1, 0.15) is 0 Å². The third-order valence-corrected chi connectivity index (χ3v) is 2.97.